The molecule has 0 bridgehead atoms. The summed E-state index contributed by atoms with van der Waals surface area (Å²) < 4.78 is 20.6. The highest BCUT2D eigenvalue weighted by atomic mass is 19.1. The monoisotopic (exact) mass is 387 g/mol. The second kappa shape index (κ2) is 6.92. The van der Waals surface area contributed by atoms with Crippen LogP contribution in [0.2, 0.25) is 0 Å². The Bertz CT molecular complexity index is 852. The van der Waals surface area contributed by atoms with Gasteiger partial charge in [0.15, 0.2) is 5.82 Å². The Kier molecular flexibility index (Phi) is 4.69. The van der Waals surface area contributed by atoms with E-state index in [0.29, 0.717) is 44.8 Å². The third-order valence-corrected chi connectivity index (χ3v) is 5.82. The maximum absolute atomic E-state index is 13.5. The van der Waals surface area contributed by atoms with Crippen LogP contribution in [0.3, 0.4) is 0 Å². The molecule has 0 N–H and O–H groups in total. The molecule has 1 atom stereocenters. The van der Waals surface area contributed by atoms with Crippen molar-refractivity contribution in [2.24, 2.45) is 5.41 Å². The van der Waals surface area contributed by atoms with Crippen molar-refractivity contribution in [3.63, 3.8) is 0 Å². The van der Waals surface area contributed by atoms with Crippen LogP contribution in [-0.2, 0) is 21.6 Å². The zero-order chi connectivity index (χ0) is 19.9. The molecule has 28 heavy (non-hydrogen) atoms. The van der Waals surface area contributed by atoms with Gasteiger partial charge in [0.2, 0.25) is 5.91 Å². The number of amides is 1. The van der Waals surface area contributed by atoms with Crippen molar-refractivity contribution in [2.75, 3.05) is 13.2 Å². The first kappa shape index (κ1) is 19.0. The van der Waals surface area contributed by atoms with E-state index in [4.69, 9.17) is 4.74 Å². The molecule has 1 unspecified atom stereocenters. The van der Waals surface area contributed by atoms with E-state index >= 15 is 0 Å². The number of aromatic nitrogens is 4. The van der Waals surface area contributed by atoms with E-state index < -0.39 is 5.41 Å². The molecule has 150 valence electrons. The van der Waals surface area contributed by atoms with Gasteiger partial charge in [0, 0.05) is 19.8 Å². The van der Waals surface area contributed by atoms with Crippen molar-refractivity contribution in [1.82, 2.24) is 25.1 Å². The number of benzene rings is 1. The number of likely N-dealkylation sites (tertiary alicyclic amines) is 1. The lowest BCUT2D eigenvalue weighted by Crippen LogP contribution is -2.39. The molecule has 1 aromatic carbocycles. The number of carbonyl (C=O) groups excluding carboxylic acids is 1. The predicted octanol–water partition coefficient (Wildman–Crippen LogP) is 2.84. The van der Waals surface area contributed by atoms with Gasteiger partial charge in [0.1, 0.15) is 5.82 Å². The van der Waals surface area contributed by atoms with Gasteiger partial charge < -0.3 is 9.64 Å². The molecule has 3 heterocycles. The van der Waals surface area contributed by atoms with Crippen LogP contribution in [0.25, 0.3) is 0 Å². The van der Waals surface area contributed by atoms with Crippen LogP contribution in [0.5, 0.6) is 0 Å². The summed E-state index contributed by atoms with van der Waals surface area (Å²) >= 11 is 0. The molecule has 1 spiro atoms. The molecule has 2 aromatic rings. The first-order chi connectivity index (χ1) is 13.3. The molecule has 0 radical (unpaired) electrons. The Morgan fingerprint density at radius 2 is 1.89 bits per heavy atom. The quantitative estimate of drug-likeness (QED) is 0.810. The molecule has 4 rings (SSSR count). The number of rotatable bonds is 3. The lowest BCUT2D eigenvalue weighted by Gasteiger charge is -2.31. The maximum atomic E-state index is 13.5. The molecule has 2 aliphatic rings. The lowest BCUT2D eigenvalue weighted by molar-refractivity contribution is -0.141. The Balaban J connectivity index is 1.72. The second-order valence-electron chi connectivity index (χ2n) is 8.79. The van der Waals surface area contributed by atoms with Crippen molar-refractivity contribution in [2.45, 2.75) is 58.2 Å². The van der Waals surface area contributed by atoms with Gasteiger partial charge in [-0.15, -0.1) is 5.10 Å². The fraction of sp³-hybridized carbons (Fsp3) is 0.600. The van der Waals surface area contributed by atoms with Crippen LogP contribution in [0, 0.1) is 11.2 Å². The molecule has 2 saturated heterocycles. The molecule has 2 fully saturated rings. The van der Waals surface area contributed by atoms with Gasteiger partial charge >= 0.3 is 0 Å². The summed E-state index contributed by atoms with van der Waals surface area (Å²) in [5, 5.41) is 12.4. The number of ether oxygens (including phenoxy) is 1. The molecule has 0 saturated carbocycles. The van der Waals surface area contributed by atoms with E-state index in [0.717, 1.165) is 5.56 Å². The predicted molar refractivity (Wildman–Crippen MR) is 99.6 cm³/mol. The molecule has 1 aromatic heterocycles. The van der Waals surface area contributed by atoms with Crippen LogP contribution < -0.4 is 0 Å². The molecule has 0 aliphatic carbocycles. The summed E-state index contributed by atoms with van der Waals surface area (Å²) in [6.07, 6.45) is 2.09. The van der Waals surface area contributed by atoms with Crippen molar-refractivity contribution < 1.29 is 13.9 Å². The fourth-order valence-corrected chi connectivity index (χ4v) is 4.27. The highest BCUT2D eigenvalue weighted by Gasteiger charge is 2.54. The minimum Gasteiger partial charge on any atom is -0.381 e. The van der Waals surface area contributed by atoms with E-state index in [9.17, 15) is 9.18 Å². The molecule has 8 heteroatoms. The highest BCUT2D eigenvalue weighted by Crippen LogP contribution is 2.50. The fourth-order valence-electron chi connectivity index (χ4n) is 4.27. The Morgan fingerprint density at radius 1 is 1.21 bits per heavy atom. The highest BCUT2D eigenvalue weighted by molar-refractivity contribution is 5.85. The SMILES string of the molecule is CC(C)(C)n1nnnc1C1CC2(CCOCC2)C(=O)N1Cc1ccc(F)cc1. The minimum atomic E-state index is -0.433. The minimum absolute atomic E-state index is 0.119. The smallest absolute Gasteiger partial charge is 0.229 e. The van der Waals surface area contributed by atoms with Crippen molar-refractivity contribution in [3.8, 4) is 0 Å². The van der Waals surface area contributed by atoms with Gasteiger partial charge in [-0.3, -0.25) is 4.79 Å². The van der Waals surface area contributed by atoms with E-state index in [-0.39, 0.29) is 23.3 Å². The third-order valence-electron chi connectivity index (χ3n) is 5.82. The van der Waals surface area contributed by atoms with Crippen molar-refractivity contribution in [3.05, 3.63) is 41.5 Å². The second-order valence-corrected chi connectivity index (χ2v) is 8.79. The topological polar surface area (TPSA) is 73.1 Å². The lowest BCUT2D eigenvalue weighted by atomic mass is 9.77. The Labute approximate surface area is 163 Å². The normalized spacial score (nSPS) is 22.2. The summed E-state index contributed by atoms with van der Waals surface area (Å²) in [5.41, 5.74) is 0.158. The molecular weight excluding hydrogens is 361 g/mol. The average Bonchev–Trinajstić information content (AvgIpc) is 3.24. The number of halogens is 1. The summed E-state index contributed by atoms with van der Waals surface area (Å²) in [6, 6.07) is 6.08. The number of nitrogens with zero attached hydrogens (tertiary/aromatic N) is 5. The third kappa shape index (κ3) is 3.30. The van der Waals surface area contributed by atoms with Gasteiger partial charge in [0.25, 0.3) is 0 Å². The number of tetrazole rings is 1. The van der Waals surface area contributed by atoms with Crippen LogP contribution in [-0.4, -0.2) is 44.2 Å². The van der Waals surface area contributed by atoms with E-state index in [1.807, 2.05) is 25.7 Å². The molecule has 7 nitrogen and oxygen atoms in total. The zero-order valence-corrected chi connectivity index (χ0v) is 16.6. The van der Waals surface area contributed by atoms with Crippen LogP contribution in [0.4, 0.5) is 4.39 Å². The number of carbonyl (C=O) groups is 1. The van der Waals surface area contributed by atoms with Crippen LogP contribution >= 0.6 is 0 Å². The summed E-state index contributed by atoms with van der Waals surface area (Å²) in [5.74, 6) is 0.533. The Hall–Kier alpha value is -2.35. The van der Waals surface area contributed by atoms with E-state index in [1.165, 1.54) is 12.1 Å². The largest absolute Gasteiger partial charge is 0.381 e. The van der Waals surface area contributed by atoms with Crippen molar-refractivity contribution in [1.29, 1.82) is 0 Å². The van der Waals surface area contributed by atoms with Gasteiger partial charge in [-0.05, 0) is 68.2 Å². The van der Waals surface area contributed by atoms with E-state index in [1.54, 1.807) is 16.8 Å². The first-order valence-electron chi connectivity index (χ1n) is 9.72. The van der Waals surface area contributed by atoms with Crippen LogP contribution in [0.1, 0.15) is 57.5 Å². The van der Waals surface area contributed by atoms with Gasteiger partial charge in [-0.1, -0.05) is 12.1 Å². The zero-order valence-electron chi connectivity index (χ0n) is 16.6. The van der Waals surface area contributed by atoms with E-state index in [2.05, 4.69) is 15.5 Å². The van der Waals surface area contributed by atoms with Crippen molar-refractivity contribution >= 4 is 5.91 Å². The summed E-state index contributed by atoms with van der Waals surface area (Å²) in [4.78, 5) is 15.4. The first-order valence-corrected chi connectivity index (χ1v) is 9.72. The van der Waals surface area contributed by atoms with Gasteiger partial charge in [-0.2, -0.15) is 0 Å². The number of hydrogen-bond donors (Lipinski definition) is 0. The molecular formula is C20H26FN5O2. The van der Waals surface area contributed by atoms with Crippen LogP contribution in [0.15, 0.2) is 24.3 Å². The van der Waals surface area contributed by atoms with Gasteiger partial charge in [-0.25, -0.2) is 9.07 Å². The summed E-state index contributed by atoms with van der Waals surface area (Å²) in [6.45, 7) is 7.71. The molecule has 1 amide bonds. The average molecular weight is 387 g/mol. The van der Waals surface area contributed by atoms with Gasteiger partial charge in [0.05, 0.1) is 17.0 Å². The summed E-state index contributed by atoms with van der Waals surface area (Å²) in [7, 11) is 0. The molecule has 2 aliphatic heterocycles. The standard InChI is InChI=1S/C20H26FN5O2/c1-19(2,3)26-17(22-23-24-26)16-12-20(8-10-28-11-9-20)18(27)25(16)13-14-4-6-15(21)7-5-14/h4-7,16H,8-13H2,1-3H3. The Morgan fingerprint density at radius 3 is 2.54 bits per heavy atom. The maximum Gasteiger partial charge on any atom is 0.229 e. The number of hydrogen-bond acceptors (Lipinski definition) is 5.